The largest absolute Gasteiger partial charge is 0.372 e. The van der Waals surface area contributed by atoms with Crippen LogP contribution in [0.1, 0.15) is 19.4 Å². The van der Waals surface area contributed by atoms with Crippen LogP contribution in [0.2, 0.25) is 0 Å². The monoisotopic (exact) mass is 534 g/mol. The third kappa shape index (κ3) is 2.80. The molecular formula is C21H20FIN6O2. The Morgan fingerprint density at radius 3 is 2.81 bits per heavy atom. The van der Waals surface area contributed by atoms with E-state index in [4.69, 9.17) is 9.26 Å². The van der Waals surface area contributed by atoms with E-state index in [1.165, 1.54) is 0 Å². The summed E-state index contributed by atoms with van der Waals surface area (Å²) < 4.78 is 30.2. The molecule has 1 fully saturated rings. The van der Waals surface area contributed by atoms with Gasteiger partial charge in [-0.15, -0.1) is 0 Å². The van der Waals surface area contributed by atoms with Crippen molar-refractivity contribution in [2.45, 2.75) is 38.5 Å². The Balaban J connectivity index is 1.59. The Labute approximate surface area is 191 Å². The zero-order valence-corrected chi connectivity index (χ0v) is 19.2. The lowest BCUT2D eigenvalue weighted by atomic mass is 9.69. The van der Waals surface area contributed by atoms with E-state index in [9.17, 15) is 0 Å². The average Bonchev–Trinajstić information content (AvgIpc) is 3.34. The summed E-state index contributed by atoms with van der Waals surface area (Å²) in [5.74, 6) is 0.0874. The number of fused-ring (bicyclic) bond motifs is 5. The van der Waals surface area contributed by atoms with Gasteiger partial charge in [0.15, 0.2) is 5.82 Å². The van der Waals surface area contributed by atoms with Crippen molar-refractivity contribution in [3.63, 3.8) is 0 Å². The van der Waals surface area contributed by atoms with Crippen LogP contribution >= 0.6 is 22.6 Å². The molecule has 6 rings (SSSR count). The van der Waals surface area contributed by atoms with Gasteiger partial charge in [0.2, 0.25) is 11.4 Å². The lowest BCUT2D eigenvalue weighted by Crippen LogP contribution is -2.65. The van der Waals surface area contributed by atoms with Gasteiger partial charge in [-0.25, -0.2) is 9.07 Å². The summed E-state index contributed by atoms with van der Waals surface area (Å²) >= 11 is 2.18. The van der Waals surface area contributed by atoms with Crippen LogP contribution in [0.3, 0.4) is 0 Å². The summed E-state index contributed by atoms with van der Waals surface area (Å²) in [4.78, 5) is 11.1. The molecule has 0 saturated carbocycles. The van der Waals surface area contributed by atoms with E-state index in [0.717, 1.165) is 9.13 Å². The molecule has 8 nitrogen and oxygen atoms in total. The lowest BCUT2D eigenvalue weighted by Gasteiger charge is -2.54. The summed E-state index contributed by atoms with van der Waals surface area (Å²) in [7, 11) is 0. The van der Waals surface area contributed by atoms with Crippen LogP contribution in [0.4, 0.5) is 10.1 Å². The van der Waals surface area contributed by atoms with E-state index in [2.05, 4.69) is 47.7 Å². The highest BCUT2D eigenvalue weighted by Gasteiger charge is 2.52. The molecule has 1 spiro atoms. The normalized spacial score (nSPS) is 26.5. The molecule has 5 heterocycles. The van der Waals surface area contributed by atoms with E-state index in [0.29, 0.717) is 36.5 Å². The van der Waals surface area contributed by atoms with Gasteiger partial charge in [0.1, 0.15) is 6.67 Å². The molecule has 3 aliphatic rings. The van der Waals surface area contributed by atoms with Gasteiger partial charge in [-0.05, 0) is 54.5 Å². The SMILES string of the molecule is C[C@H]1CN2c3c(cc4c(-n5cc(I)cn5)noc4c3F)CC3(C=NCN=C3)[C@@H]2[C@@H](C)O1. The number of nitrogens with zero attached hydrogens (tertiary/aromatic N) is 6. The predicted molar refractivity (Wildman–Crippen MR) is 123 cm³/mol. The molecule has 0 N–H and O–H groups in total. The zero-order chi connectivity index (χ0) is 21.3. The van der Waals surface area contributed by atoms with Gasteiger partial charge in [-0.1, -0.05) is 5.16 Å². The van der Waals surface area contributed by atoms with Crippen LogP contribution < -0.4 is 4.90 Å². The minimum absolute atomic E-state index is 0.0294. The predicted octanol–water partition coefficient (Wildman–Crippen LogP) is 3.39. The minimum atomic E-state index is -0.455. The fraction of sp³-hybridized carbons (Fsp3) is 0.429. The van der Waals surface area contributed by atoms with Crippen LogP contribution in [-0.4, -0.2) is 58.8 Å². The summed E-state index contributed by atoms with van der Waals surface area (Å²) in [5, 5.41) is 9.05. The van der Waals surface area contributed by atoms with Crippen molar-refractivity contribution in [2.75, 3.05) is 18.1 Å². The Morgan fingerprint density at radius 2 is 2.06 bits per heavy atom. The van der Waals surface area contributed by atoms with Crippen molar-refractivity contribution in [1.29, 1.82) is 0 Å². The molecule has 3 aliphatic heterocycles. The fourth-order valence-electron chi connectivity index (χ4n) is 5.36. The Hall–Kier alpha value is -2.34. The third-order valence-electron chi connectivity index (χ3n) is 6.35. The molecule has 1 aromatic carbocycles. The van der Waals surface area contributed by atoms with Crippen LogP contribution in [0.5, 0.6) is 0 Å². The third-order valence-corrected chi connectivity index (χ3v) is 6.91. The van der Waals surface area contributed by atoms with Crippen LogP contribution in [0, 0.1) is 14.8 Å². The molecule has 0 bridgehead atoms. The first kappa shape index (κ1) is 19.4. The first-order valence-electron chi connectivity index (χ1n) is 10.2. The second-order valence-electron chi connectivity index (χ2n) is 8.49. The highest BCUT2D eigenvalue weighted by molar-refractivity contribution is 14.1. The minimum Gasteiger partial charge on any atom is -0.372 e. The van der Waals surface area contributed by atoms with Crippen molar-refractivity contribution in [2.24, 2.45) is 15.4 Å². The van der Waals surface area contributed by atoms with Crippen molar-refractivity contribution in [3.8, 4) is 5.82 Å². The maximum Gasteiger partial charge on any atom is 0.206 e. The number of rotatable bonds is 1. The summed E-state index contributed by atoms with van der Waals surface area (Å²) in [5.41, 5.74) is 1.14. The Bertz CT molecular complexity index is 1240. The van der Waals surface area contributed by atoms with Crippen LogP contribution in [0.15, 0.2) is 33.0 Å². The van der Waals surface area contributed by atoms with Gasteiger partial charge in [0.25, 0.3) is 0 Å². The number of ether oxygens (including phenoxy) is 1. The highest BCUT2D eigenvalue weighted by atomic mass is 127. The van der Waals surface area contributed by atoms with Gasteiger partial charge in [-0.3, -0.25) is 9.98 Å². The van der Waals surface area contributed by atoms with Gasteiger partial charge >= 0.3 is 0 Å². The molecule has 31 heavy (non-hydrogen) atoms. The van der Waals surface area contributed by atoms with Crippen molar-refractivity contribution in [1.82, 2.24) is 14.9 Å². The van der Waals surface area contributed by atoms with Crippen molar-refractivity contribution >= 4 is 51.7 Å². The zero-order valence-electron chi connectivity index (χ0n) is 17.0. The summed E-state index contributed by atoms with van der Waals surface area (Å²) in [6.07, 6.45) is 7.94. The Kier molecular flexibility index (Phi) is 4.26. The number of halogens is 2. The average molecular weight is 534 g/mol. The maximum absolute atomic E-state index is 16.0. The molecule has 2 aromatic heterocycles. The topological polar surface area (TPSA) is 81.0 Å². The first-order valence-corrected chi connectivity index (χ1v) is 11.3. The second-order valence-corrected chi connectivity index (χ2v) is 9.73. The number of hydrogen-bond acceptors (Lipinski definition) is 7. The number of morpholine rings is 1. The lowest BCUT2D eigenvalue weighted by molar-refractivity contribution is -0.0432. The van der Waals surface area contributed by atoms with E-state index in [1.807, 2.05) is 38.5 Å². The highest BCUT2D eigenvalue weighted by Crippen LogP contribution is 2.47. The quantitative estimate of drug-likeness (QED) is 0.448. The smallest absolute Gasteiger partial charge is 0.206 e. The standard InChI is InChI=1S/C21H20FIN6O2/c1-11-6-28-17-13(4-21(8-24-10-25-9-21)19(28)12(2)30-11)3-15-18(16(17)22)31-27-20(15)29-7-14(23)5-26-29/h3,5,7-9,11-12,19H,4,6,10H2,1-2H3/t11-,12+,19-/m0/s1. The molecule has 10 heteroatoms. The number of aromatic nitrogens is 3. The molecule has 1 saturated heterocycles. The Morgan fingerprint density at radius 1 is 1.26 bits per heavy atom. The second kappa shape index (κ2) is 6.83. The van der Waals surface area contributed by atoms with E-state index in [1.54, 1.807) is 10.9 Å². The van der Waals surface area contributed by atoms with Crippen molar-refractivity contribution in [3.05, 3.63) is 33.4 Å². The number of hydrogen-bond donors (Lipinski definition) is 0. The fourth-order valence-corrected chi connectivity index (χ4v) is 5.75. The molecule has 3 aromatic rings. The van der Waals surface area contributed by atoms with E-state index >= 15 is 4.39 Å². The molecule has 160 valence electrons. The van der Waals surface area contributed by atoms with Gasteiger partial charge in [0.05, 0.1) is 44.5 Å². The summed E-state index contributed by atoms with van der Waals surface area (Å²) in [6.45, 7) is 5.05. The number of aliphatic imine (C=N–C) groups is 2. The first-order chi connectivity index (χ1) is 15.0. The summed E-state index contributed by atoms with van der Waals surface area (Å²) in [6, 6.07) is 1.87. The van der Waals surface area contributed by atoms with Crippen molar-refractivity contribution < 1.29 is 13.7 Å². The molecular weight excluding hydrogens is 514 g/mol. The van der Waals surface area contributed by atoms with Gasteiger partial charge < -0.3 is 14.2 Å². The molecule has 0 unspecified atom stereocenters. The molecule has 3 atom stereocenters. The van der Waals surface area contributed by atoms with E-state index in [-0.39, 0.29) is 29.7 Å². The number of benzene rings is 1. The molecule has 0 aliphatic carbocycles. The molecule has 0 amide bonds. The van der Waals surface area contributed by atoms with Crippen LogP contribution in [0.25, 0.3) is 16.8 Å². The molecule has 0 radical (unpaired) electrons. The van der Waals surface area contributed by atoms with Crippen LogP contribution in [-0.2, 0) is 11.2 Å². The van der Waals surface area contributed by atoms with E-state index < -0.39 is 5.41 Å². The van der Waals surface area contributed by atoms with Gasteiger partial charge in [0, 0.05) is 25.2 Å². The number of anilines is 1. The maximum atomic E-state index is 16.0. The van der Waals surface area contributed by atoms with Gasteiger partial charge in [-0.2, -0.15) is 5.10 Å².